The number of carbonyl (C=O) groups is 4. The molecule has 0 radical (unpaired) electrons. The minimum absolute atomic E-state index is 0.295. The summed E-state index contributed by atoms with van der Waals surface area (Å²) in [7, 11) is 0. The molecular weight excluding hydrogens is 456 g/mol. The summed E-state index contributed by atoms with van der Waals surface area (Å²) in [5.74, 6) is -1.39. The van der Waals surface area contributed by atoms with E-state index in [4.69, 9.17) is 0 Å². The molecule has 5 amide bonds. The second-order valence-electron chi connectivity index (χ2n) is 8.53. The predicted octanol–water partition coefficient (Wildman–Crippen LogP) is 3.45. The second-order valence-corrected chi connectivity index (χ2v) is 8.53. The van der Waals surface area contributed by atoms with Gasteiger partial charge in [-0.3, -0.25) is 19.3 Å². The molecule has 4 rings (SSSR count). The largest absolute Gasteiger partial charge is 0.352 e. The molecule has 0 aromatic heterocycles. The molecule has 36 heavy (non-hydrogen) atoms. The fraction of sp³-hybridized carbons (Fsp3) is 0.214. The number of hydrogen-bond acceptors (Lipinski definition) is 4. The molecular formula is C28H28N4O4. The lowest BCUT2D eigenvalue weighted by Gasteiger charge is -2.25. The zero-order valence-corrected chi connectivity index (χ0v) is 20.0. The van der Waals surface area contributed by atoms with Gasteiger partial charge in [-0.25, -0.2) is 4.79 Å². The summed E-state index contributed by atoms with van der Waals surface area (Å²) in [5, 5.41) is 8.31. The van der Waals surface area contributed by atoms with Gasteiger partial charge in [0, 0.05) is 6.54 Å². The number of urea groups is 1. The Hall–Kier alpha value is -4.46. The van der Waals surface area contributed by atoms with Gasteiger partial charge in [0.15, 0.2) is 0 Å². The molecule has 1 aliphatic rings. The maximum absolute atomic E-state index is 13.3. The molecule has 1 heterocycles. The lowest BCUT2D eigenvalue weighted by atomic mass is 9.87. The summed E-state index contributed by atoms with van der Waals surface area (Å²) in [5.41, 5.74) is 1.15. The normalized spacial score (nSPS) is 17.0. The van der Waals surface area contributed by atoms with E-state index in [9.17, 15) is 19.2 Å². The van der Waals surface area contributed by atoms with E-state index in [2.05, 4.69) is 16.0 Å². The first-order valence-corrected chi connectivity index (χ1v) is 11.8. The zero-order chi connectivity index (χ0) is 25.5. The summed E-state index contributed by atoms with van der Waals surface area (Å²) in [6, 6.07) is 24.7. The van der Waals surface area contributed by atoms with E-state index in [1.165, 1.54) is 0 Å². The van der Waals surface area contributed by atoms with Crippen LogP contribution in [0.25, 0.3) is 0 Å². The molecule has 0 unspecified atom stereocenters. The van der Waals surface area contributed by atoms with Crippen molar-refractivity contribution in [1.82, 2.24) is 15.5 Å². The summed E-state index contributed by atoms with van der Waals surface area (Å²) in [6.07, 6.45) is 1.01. The minimum atomic E-state index is -1.21. The number of imide groups is 1. The van der Waals surface area contributed by atoms with Gasteiger partial charge in [-0.05, 0) is 36.1 Å². The van der Waals surface area contributed by atoms with Gasteiger partial charge in [-0.2, -0.15) is 0 Å². The van der Waals surface area contributed by atoms with E-state index in [1.54, 1.807) is 55.5 Å². The molecule has 0 saturated carbocycles. The van der Waals surface area contributed by atoms with Crippen LogP contribution in [0, 0.1) is 0 Å². The van der Waals surface area contributed by atoms with E-state index in [1.807, 2.05) is 36.4 Å². The fourth-order valence-corrected chi connectivity index (χ4v) is 4.32. The van der Waals surface area contributed by atoms with Crippen LogP contribution >= 0.6 is 0 Å². The van der Waals surface area contributed by atoms with Gasteiger partial charge >= 0.3 is 6.03 Å². The zero-order valence-electron chi connectivity index (χ0n) is 20.0. The summed E-state index contributed by atoms with van der Waals surface area (Å²) in [4.78, 5) is 52.5. The van der Waals surface area contributed by atoms with E-state index in [0.29, 0.717) is 36.2 Å². The third-order valence-electron chi connectivity index (χ3n) is 6.26. The number of hydrogen-bond donors (Lipinski definition) is 3. The monoisotopic (exact) mass is 484 g/mol. The molecule has 1 saturated heterocycles. The van der Waals surface area contributed by atoms with Crippen LogP contribution in [0.3, 0.4) is 0 Å². The predicted molar refractivity (Wildman–Crippen MR) is 136 cm³/mol. The van der Waals surface area contributed by atoms with Crippen molar-refractivity contribution in [2.45, 2.75) is 25.3 Å². The molecule has 8 nitrogen and oxygen atoms in total. The highest BCUT2D eigenvalue weighted by atomic mass is 16.2. The second kappa shape index (κ2) is 10.9. The molecule has 3 aromatic rings. The van der Waals surface area contributed by atoms with Gasteiger partial charge in [0.1, 0.15) is 12.1 Å². The minimum Gasteiger partial charge on any atom is -0.352 e. The van der Waals surface area contributed by atoms with Crippen LogP contribution in [-0.2, 0) is 21.5 Å². The van der Waals surface area contributed by atoms with Gasteiger partial charge < -0.3 is 16.0 Å². The number of nitrogens with zero attached hydrogens (tertiary/aromatic N) is 1. The Morgan fingerprint density at radius 3 is 2.22 bits per heavy atom. The maximum Gasteiger partial charge on any atom is 0.325 e. The number of para-hydroxylation sites is 1. The highest BCUT2D eigenvalue weighted by Crippen LogP contribution is 2.32. The number of anilines is 1. The van der Waals surface area contributed by atoms with Gasteiger partial charge in [-0.15, -0.1) is 0 Å². The van der Waals surface area contributed by atoms with Gasteiger partial charge in [0.2, 0.25) is 5.91 Å². The van der Waals surface area contributed by atoms with E-state index >= 15 is 0 Å². The molecule has 184 valence electrons. The summed E-state index contributed by atoms with van der Waals surface area (Å²) >= 11 is 0. The van der Waals surface area contributed by atoms with Gasteiger partial charge in [0.05, 0.1) is 11.3 Å². The Kier molecular flexibility index (Phi) is 7.44. The van der Waals surface area contributed by atoms with Crippen LogP contribution in [0.15, 0.2) is 84.9 Å². The van der Waals surface area contributed by atoms with Crippen molar-refractivity contribution in [2.24, 2.45) is 0 Å². The SMILES string of the molecule is CC[C@@]1(c2ccccc2)NC(=O)N(CC(=O)Nc2ccccc2C(=O)NCCc2ccccc2)C1=O. The van der Waals surface area contributed by atoms with Crippen molar-refractivity contribution >= 4 is 29.4 Å². The average Bonchev–Trinajstić information content (AvgIpc) is 3.15. The van der Waals surface area contributed by atoms with Gasteiger partial charge in [0.25, 0.3) is 11.8 Å². The maximum atomic E-state index is 13.3. The van der Waals surface area contributed by atoms with Crippen molar-refractivity contribution in [1.29, 1.82) is 0 Å². The molecule has 3 N–H and O–H groups in total. The Balaban J connectivity index is 1.41. The molecule has 0 bridgehead atoms. The van der Waals surface area contributed by atoms with Crippen LogP contribution in [0.4, 0.5) is 10.5 Å². The first-order chi connectivity index (χ1) is 17.4. The van der Waals surface area contributed by atoms with Crippen LogP contribution in [0.5, 0.6) is 0 Å². The summed E-state index contributed by atoms with van der Waals surface area (Å²) in [6.45, 7) is 1.77. The third-order valence-corrected chi connectivity index (χ3v) is 6.26. The third kappa shape index (κ3) is 5.12. The van der Waals surface area contributed by atoms with Crippen molar-refractivity contribution in [3.05, 3.63) is 102 Å². The van der Waals surface area contributed by atoms with Crippen LogP contribution in [-0.4, -0.2) is 41.7 Å². The highest BCUT2D eigenvalue weighted by molar-refractivity contribution is 6.11. The smallest absolute Gasteiger partial charge is 0.325 e. The highest BCUT2D eigenvalue weighted by Gasteiger charge is 2.51. The van der Waals surface area contributed by atoms with Crippen LogP contribution in [0.2, 0.25) is 0 Å². The first kappa shape index (κ1) is 24.7. The van der Waals surface area contributed by atoms with E-state index < -0.39 is 29.9 Å². The molecule has 8 heteroatoms. The summed E-state index contributed by atoms with van der Waals surface area (Å²) < 4.78 is 0. The van der Waals surface area contributed by atoms with Gasteiger partial charge in [-0.1, -0.05) is 79.7 Å². The molecule has 0 aliphatic carbocycles. The molecule has 3 aromatic carbocycles. The van der Waals surface area contributed by atoms with Crippen molar-refractivity contribution < 1.29 is 19.2 Å². The van der Waals surface area contributed by atoms with Crippen molar-refractivity contribution in [3.8, 4) is 0 Å². The van der Waals surface area contributed by atoms with Crippen molar-refractivity contribution in [2.75, 3.05) is 18.4 Å². The molecule has 0 spiro atoms. The average molecular weight is 485 g/mol. The number of rotatable bonds is 9. The van der Waals surface area contributed by atoms with E-state index in [-0.39, 0.29) is 5.91 Å². The number of carbonyl (C=O) groups excluding carboxylic acids is 4. The number of benzene rings is 3. The number of amides is 5. The topological polar surface area (TPSA) is 108 Å². The molecule has 1 aliphatic heterocycles. The lowest BCUT2D eigenvalue weighted by molar-refractivity contribution is -0.134. The van der Waals surface area contributed by atoms with Crippen LogP contribution in [0.1, 0.15) is 34.8 Å². The lowest BCUT2D eigenvalue weighted by Crippen LogP contribution is -2.44. The van der Waals surface area contributed by atoms with E-state index in [0.717, 1.165) is 10.5 Å². The first-order valence-electron chi connectivity index (χ1n) is 11.8. The fourth-order valence-electron chi connectivity index (χ4n) is 4.32. The molecule has 1 atom stereocenters. The Bertz CT molecular complexity index is 1260. The Morgan fingerprint density at radius 2 is 1.53 bits per heavy atom. The standard InChI is InChI=1S/C28H28N4O4/c1-2-28(21-13-7-4-8-14-21)26(35)32(27(36)31-28)19-24(33)30-23-16-10-9-15-22(23)25(34)29-18-17-20-11-5-3-6-12-20/h3-16H,2,17-19H2,1H3,(H,29,34)(H,30,33)(H,31,36)/t28-/m0/s1. The Labute approximate surface area is 209 Å². The molecule has 1 fully saturated rings. The number of nitrogens with one attached hydrogen (secondary N) is 3. The van der Waals surface area contributed by atoms with Crippen LogP contribution < -0.4 is 16.0 Å². The Morgan fingerprint density at radius 1 is 0.889 bits per heavy atom. The van der Waals surface area contributed by atoms with Crippen molar-refractivity contribution in [3.63, 3.8) is 0 Å². The quantitative estimate of drug-likeness (QED) is 0.404.